The molecule has 0 spiro atoms. The Morgan fingerprint density at radius 2 is 2.12 bits per heavy atom. The third-order valence-corrected chi connectivity index (χ3v) is 4.02. The maximum Gasteiger partial charge on any atom is 0.307 e. The van der Waals surface area contributed by atoms with E-state index < -0.39 is 11.9 Å². The molecular weight excluding hydrogens is 246 g/mol. The Labute approximate surface area is 104 Å². The highest BCUT2D eigenvalue weighted by atomic mass is 35.5. The minimum absolute atomic E-state index is 0.0165. The molecule has 0 aliphatic rings. The molecule has 0 bridgehead atoms. The van der Waals surface area contributed by atoms with E-state index in [-0.39, 0.29) is 5.25 Å². The monoisotopic (exact) mass is 259 g/mol. The van der Waals surface area contributed by atoms with Gasteiger partial charge in [0.15, 0.2) is 0 Å². The molecule has 2 atom stereocenters. The smallest absolute Gasteiger partial charge is 0.307 e. The average molecular weight is 260 g/mol. The molecule has 0 aromatic heterocycles. The number of hydrogen-bond donors (Lipinski definition) is 2. The Morgan fingerprint density at radius 3 is 2.62 bits per heavy atom. The van der Waals surface area contributed by atoms with E-state index in [4.69, 9.17) is 22.4 Å². The van der Waals surface area contributed by atoms with Gasteiger partial charge < -0.3 is 10.8 Å². The molecule has 1 rings (SSSR count). The Bertz CT molecular complexity index is 398. The molecule has 3 nitrogen and oxygen atoms in total. The third-order valence-electron chi connectivity index (χ3n) is 2.39. The minimum Gasteiger partial charge on any atom is -0.481 e. The Balaban J connectivity index is 2.73. The maximum absolute atomic E-state index is 10.8. The highest BCUT2D eigenvalue weighted by Gasteiger charge is 2.20. The van der Waals surface area contributed by atoms with Gasteiger partial charge in [-0.05, 0) is 18.2 Å². The molecule has 0 heterocycles. The standard InChI is InChI=1S/C11H14ClNO2S/c1-6(11(14)15)7(2)16-8-3-4-10(13)9(12)5-8/h3-7H,13H2,1-2H3,(H,14,15). The zero-order valence-electron chi connectivity index (χ0n) is 9.11. The lowest BCUT2D eigenvalue weighted by atomic mass is 10.1. The zero-order valence-corrected chi connectivity index (χ0v) is 10.7. The molecular formula is C11H14ClNO2S. The molecule has 16 heavy (non-hydrogen) atoms. The Hall–Kier alpha value is -0.870. The van der Waals surface area contributed by atoms with Crippen LogP contribution in [0, 0.1) is 5.92 Å². The lowest BCUT2D eigenvalue weighted by molar-refractivity contribution is -0.140. The van der Waals surface area contributed by atoms with E-state index in [2.05, 4.69) is 0 Å². The number of carboxylic acids is 1. The largest absolute Gasteiger partial charge is 0.481 e. The summed E-state index contributed by atoms with van der Waals surface area (Å²) in [5.74, 6) is -1.19. The molecule has 0 fully saturated rings. The van der Waals surface area contributed by atoms with Gasteiger partial charge in [-0.25, -0.2) is 0 Å². The summed E-state index contributed by atoms with van der Waals surface area (Å²) < 4.78 is 0. The molecule has 88 valence electrons. The van der Waals surface area contributed by atoms with Crippen LogP contribution in [0.4, 0.5) is 5.69 Å². The van der Waals surface area contributed by atoms with Crippen LogP contribution in [0.15, 0.2) is 23.1 Å². The molecule has 2 unspecified atom stereocenters. The van der Waals surface area contributed by atoms with E-state index in [1.165, 1.54) is 11.8 Å². The van der Waals surface area contributed by atoms with Crippen LogP contribution < -0.4 is 5.73 Å². The lowest BCUT2D eigenvalue weighted by Crippen LogP contribution is -2.19. The van der Waals surface area contributed by atoms with Gasteiger partial charge in [-0.2, -0.15) is 0 Å². The molecule has 1 aromatic rings. The first-order valence-electron chi connectivity index (χ1n) is 4.86. The first-order valence-corrected chi connectivity index (χ1v) is 6.12. The van der Waals surface area contributed by atoms with Crippen LogP contribution >= 0.6 is 23.4 Å². The van der Waals surface area contributed by atoms with Gasteiger partial charge in [0.1, 0.15) is 0 Å². The summed E-state index contributed by atoms with van der Waals surface area (Å²) >= 11 is 7.37. The molecule has 1 aromatic carbocycles. The van der Waals surface area contributed by atoms with Crippen molar-refractivity contribution in [2.45, 2.75) is 24.0 Å². The summed E-state index contributed by atoms with van der Waals surface area (Å²) in [6.45, 7) is 3.58. The number of benzene rings is 1. The number of thioether (sulfide) groups is 1. The molecule has 0 radical (unpaired) electrons. The van der Waals surface area contributed by atoms with Crippen molar-refractivity contribution in [3.8, 4) is 0 Å². The first-order chi connectivity index (χ1) is 7.41. The lowest BCUT2D eigenvalue weighted by Gasteiger charge is -2.15. The van der Waals surface area contributed by atoms with E-state index in [1.807, 2.05) is 13.0 Å². The maximum atomic E-state index is 10.8. The fraction of sp³-hybridized carbons (Fsp3) is 0.364. The summed E-state index contributed by atoms with van der Waals surface area (Å²) in [5.41, 5.74) is 6.12. The summed E-state index contributed by atoms with van der Waals surface area (Å²) in [5, 5.41) is 9.35. The quantitative estimate of drug-likeness (QED) is 0.644. The van der Waals surface area contributed by atoms with Gasteiger partial charge in [0.25, 0.3) is 0 Å². The van der Waals surface area contributed by atoms with Gasteiger partial charge in [0.2, 0.25) is 0 Å². The highest BCUT2D eigenvalue weighted by Crippen LogP contribution is 2.31. The highest BCUT2D eigenvalue weighted by molar-refractivity contribution is 8.00. The van der Waals surface area contributed by atoms with Gasteiger partial charge in [-0.1, -0.05) is 25.4 Å². The van der Waals surface area contributed by atoms with Crippen LogP contribution in [0.2, 0.25) is 5.02 Å². The number of rotatable bonds is 4. The molecule has 0 amide bonds. The number of aliphatic carboxylic acids is 1. The number of hydrogen-bond acceptors (Lipinski definition) is 3. The fourth-order valence-corrected chi connectivity index (χ4v) is 2.43. The second-order valence-corrected chi connectivity index (χ2v) is 5.49. The number of carboxylic acid groups (broad SMARTS) is 1. The van der Waals surface area contributed by atoms with E-state index in [0.717, 1.165) is 4.90 Å². The molecule has 0 aliphatic carbocycles. The summed E-state index contributed by atoms with van der Waals surface area (Å²) in [4.78, 5) is 11.7. The summed E-state index contributed by atoms with van der Waals surface area (Å²) in [7, 11) is 0. The van der Waals surface area contributed by atoms with Gasteiger partial charge in [-0.15, -0.1) is 11.8 Å². The molecule has 5 heteroatoms. The van der Waals surface area contributed by atoms with Crippen LogP contribution in [-0.2, 0) is 4.79 Å². The molecule has 0 aliphatic heterocycles. The minimum atomic E-state index is -0.790. The van der Waals surface area contributed by atoms with E-state index >= 15 is 0 Å². The van der Waals surface area contributed by atoms with Crippen LogP contribution in [-0.4, -0.2) is 16.3 Å². The van der Waals surface area contributed by atoms with E-state index in [0.29, 0.717) is 10.7 Å². The van der Waals surface area contributed by atoms with Crippen LogP contribution in [0.25, 0.3) is 0 Å². The van der Waals surface area contributed by atoms with Gasteiger partial charge in [-0.3, -0.25) is 4.79 Å². The molecule has 0 saturated carbocycles. The number of carbonyl (C=O) groups is 1. The normalized spacial score (nSPS) is 14.4. The van der Waals surface area contributed by atoms with Crippen LogP contribution in [0.3, 0.4) is 0 Å². The van der Waals surface area contributed by atoms with Gasteiger partial charge >= 0.3 is 5.97 Å². The van der Waals surface area contributed by atoms with Gasteiger partial charge in [0.05, 0.1) is 16.6 Å². The fourth-order valence-electron chi connectivity index (χ4n) is 1.10. The second-order valence-electron chi connectivity index (χ2n) is 3.63. The second kappa shape index (κ2) is 5.46. The zero-order chi connectivity index (χ0) is 12.3. The topological polar surface area (TPSA) is 63.3 Å². The van der Waals surface area contributed by atoms with Crippen molar-refractivity contribution >= 4 is 35.0 Å². The Kier molecular flexibility index (Phi) is 4.50. The van der Waals surface area contributed by atoms with E-state index in [9.17, 15) is 4.79 Å². The number of anilines is 1. The number of nitrogens with two attached hydrogens (primary N) is 1. The number of nitrogen functional groups attached to an aromatic ring is 1. The number of halogens is 1. The van der Waals surface area contributed by atoms with E-state index in [1.54, 1.807) is 19.1 Å². The van der Waals surface area contributed by atoms with Gasteiger partial charge in [0, 0.05) is 10.1 Å². The van der Waals surface area contributed by atoms with Crippen molar-refractivity contribution in [1.29, 1.82) is 0 Å². The van der Waals surface area contributed by atoms with Crippen LogP contribution in [0.1, 0.15) is 13.8 Å². The summed E-state index contributed by atoms with van der Waals surface area (Å²) in [6, 6.07) is 5.33. The predicted octanol–water partition coefficient (Wildman–Crippen LogP) is 3.12. The molecule has 0 saturated heterocycles. The molecule has 3 N–H and O–H groups in total. The Morgan fingerprint density at radius 1 is 1.50 bits per heavy atom. The van der Waals surface area contributed by atoms with Crippen molar-refractivity contribution in [3.63, 3.8) is 0 Å². The van der Waals surface area contributed by atoms with Crippen molar-refractivity contribution in [2.24, 2.45) is 5.92 Å². The van der Waals surface area contributed by atoms with Crippen LogP contribution in [0.5, 0.6) is 0 Å². The van der Waals surface area contributed by atoms with Crippen molar-refractivity contribution in [1.82, 2.24) is 0 Å². The summed E-state index contributed by atoms with van der Waals surface area (Å²) in [6.07, 6.45) is 0. The van der Waals surface area contributed by atoms with Crippen molar-refractivity contribution in [3.05, 3.63) is 23.2 Å². The van der Waals surface area contributed by atoms with Crippen molar-refractivity contribution < 1.29 is 9.90 Å². The SMILES string of the molecule is CC(Sc1ccc(N)c(Cl)c1)C(C)C(=O)O. The van der Waals surface area contributed by atoms with Crippen molar-refractivity contribution in [2.75, 3.05) is 5.73 Å². The first kappa shape index (κ1) is 13.2. The average Bonchev–Trinajstić information content (AvgIpc) is 2.22. The third kappa shape index (κ3) is 3.32. The predicted molar refractivity (Wildman–Crippen MR) is 68.0 cm³/mol.